The Labute approximate surface area is 133 Å². The molecule has 2 aliphatic rings. The first kappa shape index (κ1) is 15.5. The summed E-state index contributed by atoms with van der Waals surface area (Å²) in [5.41, 5.74) is -0.381. The first-order chi connectivity index (χ1) is 11.1. The Kier molecular flexibility index (Phi) is 4.31. The molecule has 1 saturated heterocycles. The van der Waals surface area contributed by atoms with E-state index in [1.807, 2.05) is 4.90 Å². The number of aromatic carboxylic acids is 1. The van der Waals surface area contributed by atoms with Crippen LogP contribution < -0.4 is 0 Å². The van der Waals surface area contributed by atoms with Crippen LogP contribution in [0.5, 0.6) is 0 Å². The fourth-order valence-electron chi connectivity index (χ4n) is 3.41. The highest BCUT2D eigenvalue weighted by Crippen LogP contribution is 2.24. The van der Waals surface area contributed by atoms with Crippen molar-refractivity contribution in [2.45, 2.75) is 38.1 Å². The molecule has 3 rings (SSSR count). The third-order valence-electron chi connectivity index (χ3n) is 4.62. The monoisotopic (exact) mass is 320 g/mol. The number of piperazine rings is 1. The molecular formula is C15H20N4O4. The number of nitrogens with zero attached hydrogens (tertiary/aromatic N) is 3. The Bertz CT molecular complexity index is 621. The first-order valence-corrected chi connectivity index (χ1v) is 7.93. The van der Waals surface area contributed by atoms with Crippen LogP contribution in [0, 0.1) is 0 Å². The van der Waals surface area contributed by atoms with Crippen LogP contribution in [0.2, 0.25) is 0 Å². The maximum atomic E-state index is 12.4. The van der Waals surface area contributed by atoms with Crippen molar-refractivity contribution in [2.75, 3.05) is 19.6 Å². The number of aromatic nitrogens is 2. The zero-order valence-electron chi connectivity index (χ0n) is 12.8. The van der Waals surface area contributed by atoms with E-state index < -0.39 is 11.9 Å². The van der Waals surface area contributed by atoms with Crippen LogP contribution in [0.4, 0.5) is 0 Å². The largest absolute Gasteiger partial charge is 0.477 e. The number of hydrogen-bond donors (Lipinski definition) is 2. The van der Waals surface area contributed by atoms with Crippen LogP contribution in [-0.2, 0) is 4.79 Å². The van der Waals surface area contributed by atoms with Gasteiger partial charge in [0, 0.05) is 19.1 Å². The van der Waals surface area contributed by atoms with Gasteiger partial charge in [-0.2, -0.15) is 0 Å². The lowest BCUT2D eigenvalue weighted by molar-refractivity contribution is -0.138. The molecule has 1 aliphatic carbocycles. The van der Waals surface area contributed by atoms with Crippen molar-refractivity contribution in [1.82, 2.24) is 19.8 Å². The minimum Gasteiger partial charge on any atom is -0.477 e. The van der Waals surface area contributed by atoms with Gasteiger partial charge in [0.1, 0.15) is 6.54 Å². The lowest BCUT2D eigenvalue weighted by Gasteiger charge is -2.40. The Hall–Kier alpha value is -2.38. The minimum atomic E-state index is -1.24. The molecule has 0 atom stereocenters. The molecular weight excluding hydrogens is 300 g/mol. The summed E-state index contributed by atoms with van der Waals surface area (Å²) >= 11 is 0. The van der Waals surface area contributed by atoms with E-state index in [1.54, 1.807) is 0 Å². The molecule has 2 N–H and O–H groups in total. The predicted octanol–water partition coefficient (Wildman–Crippen LogP) is 0.725. The lowest BCUT2D eigenvalue weighted by atomic mass is 9.93. The Balaban J connectivity index is 1.67. The number of carboxylic acids is 1. The number of nitrogens with one attached hydrogen (secondary N) is 1. The summed E-state index contributed by atoms with van der Waals surface area (Å²) in [7, 11) is 0. The fourth-order valence-corrected chi connectivity index (χ4v) is 3.41. The SMILES string of the molecule is O=C(O)c1[nH]cnc1C(=O)N1CCN(C2CCCCC2)C(=O)C1. The third-order valence-corrected chi connectivity index (χ3v) is 4.62. The number of carbonyl (C=O) groups is 3. The van der Waals surface area contributed by atoms with Crippen LogP contribution in [0.15, 0.2) is 6.33 Å². The van der Waals surface area contributed by atoms with Gasteiger partial charge >= 0.3 is 5.97 Å². The number of H-pyrrole nitrogens is 1. The average molecular weight is 320 g/mol. The zero-order valence-corrected chi connectivity index (χ0v) is 12.8. The summed E-state index contributed by atoms with van der Waals surface area (Å²) < 4.78 is 0. The molecule has 0 bridgehead atoms. The molecule has 0 spiro atoms. The van der Waals surface area contributed by atoms with E-state index in [4.69, 9.17) is 5.11 Å². The minimum absolute atomic E-state index is 0.0126. The Morgan fingerprint density at radius 1 is 1.22 bits per heavy atom. The van der Waals surface area contributed by atoms with Crippen LogP contribution in [-0.4, -0.2) is 68.3 Å². The average Bonchev–Trinajstić information content (AvgIpc) is 3.04. The van der Waals surface area contributed by atoms with Gasteiger partial charge in [0.05, 0.1) is 6.33 Å². The van der Waals surface area contributed by atoms with Crippen molar-refractivity contribution >= 4 is 17.8 Å². The van der Waals surface area contributed by atoms with E-state index >= 15 is 0 Å². The van der Waals surface area contributed by atoms with Crippen molar-refractivity contribution in [1.29, 1.82) is 0 Å². The van der Waals surface area contributed by atoms with Crippen molar-refractivity contribution in [3.63, 3.8) is 0 Å². The summed E-state index contributed by atoms with van der Waals surface area (Å²) in [5, 5.41) is 9.05. The number of carbonyl (C=O) groups excluding carboxylic acids is 2. The first-order valence-electron chi connectivity index (χ1n) is 7.93. The van der Waals surface area contributed by atoms with Crippen LogP contribution >= 0.6 is 0 Å². The highest BCUT2D eigenvalue weighted by atomic mass is 16.4. The van der Waals surface area contributed by atoms with Gasteiger partial charge in [0.25, 0.3) is 5.91 Å². The summed E-state index contributed by atoms with van der Waals surface area (Å²) in [4.78, 5) is 45.4. The molecule has 2 fully saturated rings. The second-order valence-electron chi connectivity index (χ2n) is 6.04. The van der Waals surface area contributed by atoms with E-state index in [1.165, 1.54) is 17.6 Å². The standard InChI is InChI=1S/C15H20N4O4/c20-11-8-18(6-7-19(11)10-4-2-1-3-5-10)14(21)12-13(15(22)23)17-9-16-12/h9-10H,1-8H2,(H,16,17)(H,22,23). The second-order valence-corrected chi connectivity index (χ2v) is 6.04. The van der Waals surface area contributed by atoms with Crippen LogP contribution in [0.1, 0.15) is 53.1 Å². The third kappa shape index (κ3) is 3.06. The fraction of sp³-hybridized carbons (Fsp3) is 0.600. The van der Waals surface area contributed by atoms with Gasteiger partial charge in [0.15, 0.2) is 11.4 Å². The smallest absolute Gasteiger partial charge is 0.354 e. The molecule has 8 heteroatoms. The molecule has 1 aromatic rings. The van der Waals surface area contributed by atoms with Crippen LogP contribution in [0.3, 0.4) is 0 Å². The summed E-state index contributed by atoms with van der Waals surface area (Å²) in [6.07, 6.45) is 6.75. The molecule has 0 unspecified atom stereocenters. The van der Waals surface area contributed by atoms with E-state index in [-0.39, 0.29) is 29.9 Å². The molecule has 1 saturated carbocycles. The number of hydrogen-bond acceptors (Lipinski definition) is 4. The molecule has 0 radical (unpaired) electrons. The Morgan fingerprint density at radius 2 is 1.96 bits per heavy atom. The number of rotatable bonds is 3. The van der Waals surface area contributed by atoms with E-state index in [0.29, 0.717) is 13.1 Å². The van der Waals surface area contributed by atoms with E-state index in [0.717, 1.165) is 25.7 Å². The van der Waals surface area contributed by atoms with Gasteiger partial charge in [-0.3, -0.25) is 9.59 Å². The van der Waals surface area contributed by atoms with Gasteiger partial charge in [-0.1, -0.05) is 19.3 Å². The highest BCUT2D eigenvalue weighted by molar-refractivity contribution is 6.03. The summed E-state index contributed by atoms with van der Waals surface area (Å²) in [6.45, 7) is 0.899. The molecule has 2 heterocycles. The van der Waals surface area contributed by atoms with Gasteiger partial charge in [0.2, 0.25) is 5.91 Å². The van der Waals surface area contributed by atoms with E-state index in [2.05, 4.69) is 9.97 Å². The van der Waals surface area contributed by atoms with Gasteiger partial charge in [-0.05, 0) is 12.8 Å². The second kappa shape index (κ2) is 6.39. The molecule has 0 aromatic carbocycles. The molecule has 23 heavy (non-hydrogen) atoms. The number of imidazole rings is 1. The molecule has 1 aliphatic heterocycles. The lowest BCUT2D eigenvalue weighted by Crippen LogP contribution is -2.55. The molecule has 124 valence electrons. The number of amides is 2. The van der Waals surface area contributed by atoms with Gasteiger partial charge < -0.3 is 19.9 Å². The zero-order chi connectivity index (χ0) is 16.4. The van der Waals surface area contributed by atoms with Crippen LogP contribution in [0.25, 0.3) is 0 Å². The van der Waals surface area contributed by atoms with Gasteiger partial charge in [-0.15, -0.1) is 0 Å². The molecule has 8 nitrogen and oxygen atoms in total. The Morgan fingerprint density at radius 3 is 2.61 bits per heavy atom. The molecule has 1 aromatic heterocycles. The van der Waals surface area contributed by atoms with Crippen molar-refractivity contribution in [2.24, 2.45) is 0 Å². The normalized spacial score (nSPS) is 19.9. The number of carboxylic acid groups (broad SMARTS) is 1. The molecule has 2 amide bonds. The quantitative estimate of drug-likeness (QED) is 0.853. The van der Waals surface area contributed by atoms with Crippen molar-refractivity contribution in [3.8, 4) is 0 Å². The highest BCUT2D eigenvalue weighted by Gasteiger charge is 2.34. The predicted molar refractivity (Wildman–Crippen MR) is 80.0 cm³/mol. The van der Waals surface area contributed by atoms with Gasteiger partial charge in [-0.25, -0.2) is 9.78 Å². The van der Waals surface area contributed by atoms with Crippen molar-refractivity contribution < 1.29 is 19.5 Å². The summed E-state index contributed by atoms with van der Waals surface area (Å²) in [5.74, 6) is -1.82. The maximum absolute atomic E-state index is 12.4. The van der Waals surface area contributed by atoms with E-state index in [9.17, 15) is 14.4 Å². The maximum Gasteiger partial charge on any atom is 0.354 e. The topological polar surface area (TPSA) is 107 Å². The summed E-state index contributed by atoms with van der Waals surface area (Å²) in [6, 6.07) is 0.286. The van der Waals surface area contributed by atoms with Crippen molar-refractivity contribution in [3.05, 3.63) is 17.7 Å². The number of aromatic amines is 1.